The lowest BCUT2D eigenvalue weighted by Gasteiger charge is -2.64. The maximum absolute atomic E-state index is 14.3. The zero-order chi connectivity index (χ0) is 38.5. The number of aliphatic hydroxyl groups excluding tert-OH is 1. The number of allylic oxidation sites excluding steroid dienone is 5. The molecule has 1 spiro atoms. The van der Waals surface area contributed by atoms with Crippen LogP contribution in [0.1, 0.15) is 79.7 Å². The minimum absolute atomic E-state index is 0.0264. The molecule has 8 unspecified atom stereocenters. The summed E-state index contributed by atoms with van der Waals surface area (Å²) in [4.78, 5) is 50.7. The average Bonchev–Trinajstić information content (AvgIpc) is 3.43. The molecule has 8 atom stereocenters. The third-order valence-electron chi connectivity index (χ3n) is 12.8. The van der Waals surface area contributed by atoms with Gasteiger partial charge in [0.2, 0.25) is 5.78 Å². The number of furan rings is 1. The van der Waals surface area contributed by atoms with Crippen molar-refractivity contribution in [3.05, 3.63) is 94.0 Å². The van der Waals surface area contributed by atoms with Crippen LogP contribution in [0.15, 0.2) is 91.6 Å². The second-order valence-corrected chi connectivity index (χ2v) is 16.5. The van der Waals surface area contributed by atoms with Gasteiger partial charge in [0, 0.05) is 41.2 Å². The molecule has 0 bridgehead atoms. The molecule has 11 nitrogen and oxygen atoms in total. The molecular formula is C42H46O11. The highest BCUT2D eigenvalue weighted by Gasteiger charge is 2.89. The van der Waals surface area contributed by atoms with Crippen molar-refractivity contribution in [2.45, 2.75) is 92.0 Å². The standard InChI is InChI=1S/C28H32O7.C14H14O4/c1-14(29)34-17-12-26(5)16(15-8-10-33-13-15)11-19-28(26,35-19)27(6)21(17)25(4)9-7-18(30)24(2,3)22(25)20(31)23(27)32;1-9(2)5-6-17-13-8-12-10(7-11(13)15)3-4-14(16)18-12/h7-10,13,16-17,19,21,31H,11-12H2,1-6H3;3-5,7-8,15H,6H2,1-2H3. The van der Waals surface area contributed by atoms with Crippen molar-refractivity contribution in [2.24, 2.45) is 27.6 Å². The molecular weight excluding hydrogens is 680 g/mol. The first-order chi connectivity index (χ1) is 24.8. The molecule has 1 aliphatic heterocycles. The quantitative estimate of drug-likeness (QED) is 0.117. The Morgan fingerprint density at radius 1 is 1.02 bits per heavy atom. The van der Waals surface area contributed by atoms with Gasteiger partial charge in [0.25, 0.3) is 0 Å². The number of benzene rings is 1. The largest absolute Gasteiger partial charge is 0.504 e. The number of rotatable bonds is 5. The summed E-state index contributed by atoms with van der Waals surface area (Å²) in [5.74, 6) is -1.51. The van der Waals surface area contributed by atoms with E-state index in [4.69, 9.17) is 23.0 Å². The number of phenolic OH excluding ortho intramolecular Hbond substituents is 1. The lowest BCUT2D eigenvalue weighted by atomic mass is 9.38. The molecule has 280 valence electrons. The second-order valence-electron chi connectivity index (χ2n) is 16.5. The number of carbonyl (C=O) groups excluding carboxylic acids is 3. The number of epoxide rings is 1. The number of hydrogen-bond donors (Lipinski definition) is 2. The number of phenols is 1. The molecule has 8 rings (SSSR count). The number of hydrogen-bond acceptors (Lipinski definition) is 11. The highest BCUT2D eigenvalue weighted by molar-refractivity contribution is 6.06. The van der Waals surface area contributed by atoms with Crippen LogP contribution in [0, 0.1) is 27.6 Å². The number of ketones is 2. The first-order valence-electron chi connectivity index (χ1n) is 18.0. The average molecular weight is 727 g/mol. The van der Waals surface area contributed by atoms with Crippen LogP contribution >= 0.6 is 0 Å². The zero-order valence-electron chi connectivity index (χ0n) is 31.3. The Morgan fingerprint density at radius 3 is 2.42 bits per heavy atom. The minimum Gasteiger partial charge on any atom is -0.504 e. The van der Waals surface area contributed by atoms with Crippen LogP contribution in [0.3, 0.4) is 0 Å². The van der Waals surface area contributed by atoms with E-state index in [-0.39, 0.29) is 29.3 Å². The summed E-state index contributed by atoms with van der Waals surface area (Å²) in [6, 6.07) is 7.88. The normalized spacial score (nSPS) is 34.6. The topological polar surface area (TPSA) is 166 Å². The van der Waals surface area contributed by atoms with Crippen molar-refractivity contribution >= 4 is 28.5 Å². The monoisotopic (exact) mass is 726 g/mol. The van der Waals surface area contributed by atoms with Crippen LogP contribution in [0.4, 0.5) is 0 Å². The fraction of sp³-hybridized carbons (Fsp3) is 0.476. The Balaban J connectivity index is 0.000000204. The lowest BCUT2D eigenvalue weighted by molar-refractivity contribution is -0.200. The molecule has 2 aromatic heterocycles. The van der Waals surface area contributed by atoms with Gasteiger partial charge in [-0.05, 0) is 94.9 Å². The number of aromatic hydroxyl groups is 1. The van der Waals surface area contributed by atoms with E-state index in [0.29, 0.717) is 41.7 Å². The van der Waals surface area contributed by atoms with Crippen LogP contribution in [0.5, 0.6) is 11.5 Å². The maximum atomic E-state index is 14.3. The van der Waals surface area contributed by atoms with Crippen LogP contribution in [0.25, 0.3) is 11.0 Å². The van der Waals surface area contributed by atoms with E-state index < -0.39 is 56.7 Å². The fourth-order valence-electron chi connectivity index (χ4n) is 10.7. The highest BCUT2D eigenvalue weighted by atomic mass is 16.6. The van der Waals surface area contributed by atoms with Crippen LogP contribution < -0.4 is 10.4 Å². The maximum Gasteiger partial charge on any atom is 0.336 e. The van der Waals surface area contributed by atoms with Gasteiger partial charge < -0.3 is 33.3 Å². The number of Topliss-reactive ketones (excluding diaryl/α,β-unsaturated/α-hetero) is 1. The molecule has 1 saturated heterocycles. The number of aliphatic hydroxyl groups is 1. The molecule has 3 aromatic rings. The van der Waals surface area contributed by atoms with E-state index in [2.05, 4.69) is 6.92 Å². The first kappa shape index (κ1) is 36.5. The number of ether oxygens (including phenoxy) is 3. The molecule has 0 radical (unpaired) electrons. The first-order valence-corrected chi connectivity index (χ1v) is 18.0. The molecule has 2 saturated carbocycles. The van der Waals surface area contributed by atoms with Gasteiger partial charge in [0.05, 0.1) is 29.5 Å². The van der Waals surface area contributed by atoms with Crippen molar-refractivity contribution in [2.75, 3.05) is 6.61 Å². The Bertz CT molecular complexity index is 2180. The Hall–Kier alpha value is -4.90. The van der Waals surface area contributed by atoms with Gasteiger partial charge in [-0.2, -0.15) is 0 Å². The summed E-state index contributed by atoms with van der Waals surface area (Å²) < 4.78 is 28.4. The van der Waals surface area contributed by atoms with Crippen LogP contribution in [0.2, 0.25) is 0 Å². The van der Waals surface area contributed by atoms with E-state index in [1.807, 2.05) is 39.8 Å². The number of carbonyl (C=O) groups is 3. The van der Waals surface area contributed by atoms with Crippen LogP contribution in [-0.4, -0.2) is 52.2 Å². The summed E-state index contributed by atoms with van der Waals surface area (Å²) in [7, 11) is 0. The fourth-order valence-corrected chi connectivity index (χ4v) is 10.7. The van der Waals surface area contributed by atoms with Crippen molar-refractivity contribution in [3.63, 3.8) is 0 Å². The molecule has 53 heavy (non-hydrogen) atoms. The highest BCUT2D eigenvalue weighted by Crippen LogP contribution is 2.81. The van der Waals surface area contributed by atoms with Gasteiger partial charge >= 0.3 is 11.6 Å². The van der Waals surface area contributed by atoms with E-state index in [1.54, 1.807) is 44.6 Å². The Kier molecular flexibility index (Phi) is 8.30. The predicted octanol–water partition coefficient (Wildman–Crippen LogP) is 7.28. The summed E-state index contributed by atoms with van der Waals surface area (Å²) in [5, 5.41) is 21.9. The van der Waals surface area contributed by atoms with Gasteiger partial charge in [0.15, 0.2) is 23.0 Å². The molecule has 3 heterocycles. The van der Waals surface area contributed by atoms with E-state index in [1.165, 1.54) is 25.1 Å². The van der Waals surface area contributed by atoms with E-state index >= 15 is 0 Å². The third-order valence-corrected chi connectivity index (χ3v) is 12.8. The molecule has 0 amide bonds. The van der Waals surface area contributed by atoms with Crippen LogP contribution in [-0.2, 0) is 23.9 Å². The molecule has 4 aliphatic carbocycles. The van der Waals surface area contributed by atoms with E-state index in [9.17, 15) is 29.4 Å². The van der Waals surface area contributed by atoms with Crippen molar-refractivity contribution in [1.82, 2.24) is 0 Å². The van der Waals surface area contributed by atoms with Gasteiger partial charge in [-0.25, -0.2) is 4.79 Å². The summed E-state index contributed by atoms with van der Waals surface area (Å²) >= 11 is 0. The smallest absolute Gasteiger partial charge is 0.336 e. The molecule has 11 heteroatoms. The second kappa shape index (κ2) is 12.1. The Morgan fingerprint density at radius 2 is 1.75 bits per heavy atom. The van der Waals surface area contributed by atoms with Gasteiger partial charge in [-0.15, -0.1) is 0 Å². The number of esters is 1. The third kappa shape index (κ3) is 5.10. The molecule has 3 fully saturated rings. The molecule has 5 aliphatic rings. The minimum atomic E-state index is -1.17. The van der Waals surface area contributed by atoms with Crippen molar-refractivity contribution < 1.29 is 47.6 Å². The van der Waals surface area contributed by atoms with E-state index in [0.717, 1.165) is 11.1 Å². The summed E-state index contributed by atoms with van der Waals surface area (Å²) in [5.41, 5.74) is -1.96. The summed E-state index contributed by atoms with van der Waals surface area (Å²) in [6.45, 7) is 15.1. The Labute approximate surface area is 307 Å². The van der Waals surface area contributed by atoms with Gasteiger partial charge in [0.1, 0.15) is 23.9 Å². The van der Waals surface area contributed by atoms with Gasteiger partial charge in [-0.1, -0.05) is 25.5 Å². The SMILES string of the molecule is CC(=O)OC1CC2(C)C(c3ccoc3)CC3OC32C2(C)C(=O)C(O)=C3C(C)(C)C(=O)C=CC3(C)C12.CC(C)=CCOc1cc2oc(=O)ccc2cc1O. The zero-order valence-corrected chi connectivity index (χ0v) is 31.3. The number of fused-ring (bicyclic) bond motifs is 4. The predicted molar refractivity (Wildman–Crippen MR) is 193 cm³/mol. The summed E-state index contributed by atoms with van der Waals surface area (Å²) in [6.07, 6.45) is 9.07. The van der Waals surface area contributed by atoms with Gasteiger partial charge in [-0.3, -0.25) is 14.4 Å². The molecule has 1 aromatic carbocycles. The van der Waals surface area contributed by atoms with Crippen molar-refractivity contribution in [1.29, 1.82) is 0 Å². The van der Waals surface area contributed by atoms with Crippen molar-refractivity contribution in [3.8, 4) is 11.5 Å². The molecule has 2 N–H and O–H groups in total. The lowest BCUT2D eigenvalue weighted by Crippen LogP contribution is -2.70.